The molecular weight excluding hydrogens is 516 g/mol. The smallest absolute Gasteiger partial charge is 0.255 e. The standard InChI is InChI=1S/C30H35ClN4O4/c31-22-5-7-24(32)20(15-22)16-34-13-12-30(39,29(18-34)10-2-1-3-11-29)21-4-6-23-19(14-21)17-35(28(23)38)25-8-9-26(36)33-27(25)37/h4-7,14-15,25,39H,1-3,8-13,16-18,32H2,(H,33,36,37). The van der Waals surface area contributed by atoms with E-state index in [0.29, 0.717) is 43.1 Å². The maximum absolute atomic E-state index is 13.2. The van der Waals surface area contributed by atoms with Crippen LogP contribution in [0.25, 0.3) is 0 Å². The molecule has 4 N–H and O–H groups in total. The van der Waals surface area contributed by atoms with E-state index in [1.54, 1.807) is 11.0 Å². The minimum absolute atomic E-state index is 0.195. The maximum atomic E-state index is 13.2. The Morgan fingerprint density at radius 1 is 1.05 bits per heavy atom. The molecule has 1 saturated carbocycles. The third-order valence-corrected chi connectivity index (χ3v) is 9.74. The number of fused-ring (bicyclic) bond motifs is 1. The average molecular weight is 551 g/mol. The molecule has 9 heteroatoms. The Labute approximate surface area is 233 Å². The first-order chi connectivity index (χ1) is 18.7. The molecule has 3 aliphatic heterocycles. The van der Waals surface area contributed by atoms with Crippen molar-refractivity contribution in [1.82, 2.24) is 15.1 Å². The fraction of sp³-hybridized carbons (Fsp3) is 0.500. The Morgan fingerprint density at radius 3 is 2.62 bits per heavy atom. The Hall–Kier alpha value is -2.94. The summed E-state index contributed by atoms with van der Waals surface area (Å²) in [5.74, 6) is -0.911. The maximum Gasteiger partial charge on any atom is 0.255 e. The summed E-state index contributed by atoms with van der Waals surface area (Å²) >= 11 is 6.25. The predicted molar refractivity (Wildman–Crippen MR) is 148 cm³/mol. The zero-order valence-corrected chi connectivity index (χ0v) is 22.8. The van der Waals surface area contributed by atoms with Gasteiger partial charge in [0, 0.05) is 54.3 Å². The molecule has 3 heterocycles. The number of nitrogen functional groups attached to an aromatic ring is 1. The molecule has 2 aromatic rings. The van der Waals surface area contributed by atoms with Crippen LogP contribution < -0.4 is 11.1 Å². The molecular formula is C30H35ClN4O4. The van der Waals surface area contributed by atoms with E-state index in [2.05, 4.69) is 10.2 Å². The number of carbonyl (C=O) groups is 3. The number of nitrogens with two attached hydrogens (primary N) is 1. The van der Waals surface area contributed by atoms with Crippen LogP contribution in [0, 0.1) is 5.41 Å². The number of piperidine rings is 2. The Bertz CT molecular complexity index is 1340. The monoisotopic (exact) mass is 550 g/mol. The van der Waals surface area contributed by atoms with Crippen molar-refractivity contribution >= 4 is 35.0 Å². The number of amides is 3. The van der Waals surface area contributed by atoms with Crippen molar-refractivity contribution in [2.75, 3.05) is 18.8 Å². The van der Waals surface area contributed by atoms with Crippen LogP contribution in [0.15, 0.2) is 36.4 Å². The summed E-state index contributed by atoms with van der Waals surface area (Å²) in [7, 11) is 0. The number of aliphatic hydroxyl groups is 1. The Balaban J connectivity index is 1.27. The molecule has 206 valence electrons. The van der Waals surface area contributed by atoms with Gasteiger partial charge in [0.15, 0.2) is 0 Å². The first kappa shape index (κ1) is 26.3. The van der Waals surface area contributed by atoms with E-state index in [0.717, 1.165) is 54.6 Å². The van der Waals surface area contributed by atoms with E-state index in [-0.39, 0.29) is 23.7 Å². The van der Waals surface area contributed by atoms with Gasteiger partial charge in [-0.15, -0.1) is 0 Å². The van der Waals surface area contributed by atoms with Crippen LogP contribution in [0.1, 0.15) is 78.4 Å². The zero-order valence-electron chi connectivity index (χ0n) is 22.0. The van der Waals surface area contributed by atoms with Crippen molar-refractivity contribution in [1.29, 1.82) is 0 Å². The molecule has 1 spiro atoms. The first-order valence-corrected chi connectivity index (χ1v) is 14.3. The molecule has 2 unspecified atom stereocenters. The lowest BCUT2D eigenvalue weighted by Gasteiger charge is -2.56. The van der Waals surface area contributed by atoms with Gasteiger partial charge in [-0.2, -0.15) is 0 Å². The fourth-order valence-electron chi connectivity index (χ4n) is 7.39. The summed E-state index contributed by atoms with van der Waals surface area (Å²) in [5, 5.41) is 15.5. The second-order valence-electron chi connectivity index (χ2n) is 11.8. The lowest BCUT2D eigenvalue weighted by molar-refractivity contribution is -0.159. The van der Waals surface area contributed by atoms with Crippen molar-refractivity contribution in [3.63, 3.8) is 0 Å². The van der Waals surface area contributed by atoms with Crippen molar-refractivity contribution < 1.29 is 19.5 Å². The predicted octanol–water partition coefficient (Wildman–Crippen LogP) is 3.73. The zero-order chi connectivity index (χ0) is 27.4. The van der Waals surface area contributed by atoms with E-state index in [9.17, 15) is 19.5 Å². The molecule has 39 heavy (non-hydrogen) atoms. The highest BCUT2D eigenvalue weighted by atomic mass is 35.5. The van der Waals surface area contributed by atoms with E-state index in [4.69, 9.17) is 17.3 Å². The number of benzene rings is 2. The van der Waals surface area contributed by atoms with Gasteiger partial charge in [0.1, 0.15) is 6.04 Å². The van der Waals surface area contributed by atoms with Crippen molar-refractivity contribution in [3.05, 3.63) is 63.7 Å². The topological polar surface area (TPSA) is 116 Å². The van der Waals surface area contributed by atoms with E-state index in [1.807, 2.05) is 30.3 Å². The minimum atomic E-state index is -1.02. The minimum Gasteiger partial charge on any atom is -0.398 e. The summed E-state index contributed by atoms with van der Waals surface area (Å²) in [4.78, 5) is 41.3. The lowest BCUT2D eigenvalue weighted by Crippen LogP contribution is -2.58. The van der Waals surface area contributed by atoms with Gasteiger partial charge in [0.05, 0.1) is 5.60 Å². The van der Waals surface area contributed by atoms with E-state index >= 15 is 0 Å². The quantitative estimate of drug-likeness (QED) is 0.395. The highest BCUT2D eigenvalue weighted by molar-refractivity contribution is 6.30. The van der Waals surface area contributed by atoms with Gasteiger partial charge in [-0.05, 0) is 66.6 Å². The summed E-state index contributed by atoms with van der Waals surface area (Å²) < 4.78 is 0. The summed E-state index contributed by atoms with van der Waals surface area (Å²) in [6.07, 6.45) is 6.31. The van der Waals surface area contributed by atoms with Crippen LogP contribution in [0.5, 0.6) is 0 Å². The summed E-state index contributed by atoms with van der Waals surface area (Å²) in [5.41, 5.74) is 8.90. The van der Waals surface area contributed by atoms with Crippen LogP contribution in [0.2, 0.25) is 5.02 Å². The van der Waals surface area contributed by atoms with E-state index < -0.39 is 17.6 Å². The average Bonchev–Trinajstić information content (AvgIpc) is 3.24. The highest BCUT2D eigenvalue weighted by Crippen LogP contribution is 2.55. The first-order valence-electron chi connectivity index (χ1n) is 14.0. The molecule has 0 aromatic heterocycles. The fourth-order valence-corrected chi connectivity index (χ4v) is 7.59. The van der Waals surface area contributed by atoms with Gasteiger partial charge < -0.3 is 15.7 Å². The van der Waals surface area contributed by atoms with Crippen LogP contribution in [-0.2, 0) is 28.3 Å². The number of anilines is 1. The van der Waals surface area contributed by atoms with Gasteiger partial charge in [0.2, 0.25) is 11.8 Å². The van der Waals surface area contributed by atoms with Gasteiger partial charge in [0.25, 0.3) is 5.91 Å². The normalized spacial score (nSPS) is 27.1. The Kier molecular flexibility index (Phi) is 6.68. The van der Waals surface area contributed by atoms with Crippen LogP contribution in [0.4, 0.5) is 5.69 Å². The second kappa shape index (κ2) is 9.91. The number of rotatable bonds is 4. The number of imide groups is 1. The number of nitrogens with one attached hydrogen (secondary N) is 1. The number of nitrogens with zero attached hydrogens (tertiary/aromatic N) is 2. The van der Waals surface area contributed by atoms with Crippen molar-refractivity contribution in [2.45, 2.75) is 76.1 Å². The molecule has 3 amide bonds. The molecule has 0 bridgehead atoms. The molecule has 2 atom stereocenters. The van der Waals surface area contributed by atoms with Gasteiger partial charge in [-0.1, -0.05) is 43.0 Å². The Morgan fingerprint density at radius 2 is 1.85 bits per heavy atom. The van der Waals surface area contributed by atoms with Crippen molar-refractivity contribution in [3.8, 4) is 0 Å². The molecule has 2 saturated heterocycles. The molecule has 1 aliphatic carbocycles. The van der Waals surface area contributed by atoms with Crippen LogP contribution in [-0.4, -0.2) is 51.8 Å². The van der Waals surface area contributed by atoms with Gasteiger partial charge in [-0.3, -0.25) is 24.6 Å². The van der Waals surface area contributed by atoms with Gasteiger partial charge in [-0.25, -0.2) is 0 Å². The third-order valence-electron chi connectivity index (χ3n) is 9.50. The molecule has 8 nitrogen and oxygen atoms in total. The number of carbonyl (C=O) groups excluding carboxylic acids is 3. The largest absolute Gasteiger partial charge is 0.398 e. The number of hydrogen-bond donors (Lipinski definition) is 3. The summed E-state index contributed by atoms with van der Waals surface area (Å²) in [6.45, 7) is 2.46. The number of halogens is 1. The second-order valence-corrected chi connectivity index (χ2v) is 12.2. The summed E-state index contributed by atoms with van der Waals surface area (Å²) in [6, 6.07) is 10.6. The van der Waals surface area contributed by atoms with Crippen LogP contribution in [0.3, 0.4) is 0 Å². The molecule has 2 aromatic carbocycles. The van der Waals surface area contributed by atoms with Crippen molar-refractivity contribution in [2.24, 2.45) is 5.41 Å². The third kappa shape index (κ3) is 4.52. The number of likely N-dealkylation sites (tertiary alicyclic amines) is 1. The van der Waals surface area contributed by atoms with E-state index in [1.165, 1.54) is 6.42 Å². The molecule has 3 fully saturated rings. The lowest BCUT2D eigenvalue weighted by atomic mass is 9.57. The molecule has 4 aliphatic rings. The highest BCUT2D eigenvalue weighted by Gasteiger charge is 2.55. The van der Waals surface area contributed by atoms with Gasteiger partial charge >= 0.3 is 0 Å². The SMILES string of the molecule is Nc1ccc(Cl)cc1CN1CCC(O)(c2ccc3c(c2)CN(C2CCC(=O)NC2=O)C3=O)C2(CCCCC2)C1. The number of hydrogen-bond acceptors (Lipinski definition) is 6. The molecule has 0 radical (unpaired) electrons. The van der Waals surface area contributed by atoms with Crippen LogP contribution >= 0.6 is 11.6 Å². The molecule has 6 rings (SSSR count).